The predicted molar refractivity (Wildman–Crippen MR) is 106 cm³/mol. The zero-order valence-electron chi connectivity index (χ0n) is 16.2. The van der Waals surface area contributed by atoms with Gasteiger partial charge in [0.05, 0.1) is 37.7 Å². The van der Waals surface area contributed by atoms with Gasteiger partial charge in [-0.05, 0) is 50.6 Å². The summed E-state index contributed by atoms with van der Waals surface area (Å²) in [5.74, 6) is 0.951. The van der Waals surface area contributed by atoms with E-state index >= 15 is 0 Å². The van der Waals surface area contributed by atoms with Crippen molar-refractivity contribution >= 4 is 12.1 Å². The van der Waals surface area contributed by atoms with Crippen molar-refractivity contribution in [1.29, 1.82) is 5.26 Å². The minimum absolute atomic E-state index is 0.340. The number of nitriles is 1. The molecule has 0 spiro atoms. The Morgan fingerprint density at radius 2 is 1.61 bits per heavy atom. The van der Waals surface area contributed by atoms with Gasteiger partial charge in [0.15, 0.2) is 11.5 Å². The second-order valence-corrected chi connectivity index (χ2v) is 5.53. The molecule has 1 N–H and O–H groups in total. The predicted octanol–water partition coefficient (Wildman–Crippen LogP) is 3.52. The SMILES string of the molecule is CCOc1cc(C(=O)N/N=C/c2ccc(C#N)cc2)cc(OCC)c1OCC. The van der Waals surface area contributed by atoms with Gasteiger partial charge >= 0.3 is 0 Å². The van der Waals surface area contributed by atoms with Crippen molar-refractivity contribution in [2.45, 2.75) is 20.8 Å². The average Bonchev–Trinajstić information content (AvgIpc) is 2.71. The van der Waals surface area contributed by atoms with Crippen LogP contribution in [0.5, 0.6) is 17.2 Å². The Kier molecular flexibility index (Phi) is 7.85. The number of hydrogen-bond acceptors (Lipinski definition) is 6. The van der Waals surface area contributed by atoms with Gasteiger partial charge in [-0.3, -0.25) is 4.79 Å². The molecule has 0 aliphatic heterocycles. The summed E-state index contributed by atoms with van der Waals surface area (Å²) in [5, 5.41) is 12.8. The molecule has 0 saturated carbocycles. The summed E-state index contributed by atoms with van der Waals surface area (Å²) >= 11 is 0. The summed E-state index contributed by atoms with van der Waals surface area (Å²) in [6, 6.07) is 12.1. The molecule has 0 radical (unpaired) electrons. The molecule has 7 heteroatoms. The number of carbonyl (C=O) groups excluding carboxylic acids is 1. The molecule has 7 nitrogen and oxygen atoms in total. The summed E-state index contributed by atoms with van der Waals surface area (Å²) < 4.78 is 16.9. The van der Waals surface area contributed by atoms with E-state index in [-0.39, 0.29) is 0 Å². The first-order valence-corrected chi connectivity index (χ1v) is 9.02. The summed E-state index contributed by atoms with van der Waals surface area (Å²) in [6.45, 7) is 6.86. The molecule has 1 amide bonds. The largest absolute Gasteiger partial charge is 0.490 e. The van der Waals surface area contributed by atoms with Gasteiger partial charge < -0.3 is 14.2 Å². The molecule has 28 heavy (non-hydrogen) atoms. The van der Waals surface area contributed by atoms with E-state index in [4.69, 9.17) is 19.5 Å². The van der Waals surface area contributed by atoms with Crippen molar-refractivity contribution in [3.05, 3.63) is 53.1 Å². The molecule has 0 unspecified atom stereocenters. The van der Waals surface area contributed by atoms with Crippen LogP contribution < -0.4 is 19.6 Å². The molecule has 0 aliphatic rings. The highest BCUT2D eigenvalue weighted by atomic mass is 16.5. The van der Waals surface area contributed by atoms with Crippen molar-refractivity contribution in [3.63, 3.8) is 0 Å². The molecule has 0 bridgehead atoms. The van der Waals surface area contributed by atoms with Gasteiger partial charge in [0, 0.05) is 5.56 Å². The monoisotopic (exact) mass is 381 g/mol. The Balaban J connectivity index is 2.20. The van der Waals surface area contributed by atoms with Gasteiger partial charge in [0.2, 0.25) is 5.75 Å². The third-order valence-corrected chi connectivity index (χ3v) is 3.59. The van der Waals surface area contributed by atoms with E-state index in [1.54, 1.807) is 36.4 Å². The van der Waals surface area contributed by atoms with Gasteiger partial charge in [0.1, 0.15) is 0 Å². The minimum Gasteiger partial charge on any atom is -0.490 e. The molecular formula is C21H23N3O4. The number of amides is 1. The van der Waals surface area contributed by atoms with Crippen LogP contribution in [-0.2, 0) is 0 Å². The summed E-state index contributed by atoms with van der Waals surface area (Å²) in [4.78, 5) is 12.5. The summed E-state index contributed by atoms with van der Waals surface area (Å²) in [5.41, 5.74) is 4.14. The molecular weight excluding hydrogens is 358 g/mol. The third kappa shape index (κ3) is 5.48. The maximum atomic E-state index is 12.5. The molecule has 0 aliphatic carbocycles. The fourth-order valence-electron chi connectivity index (χ4n) is 2.39. The van der Waals surface area contributed by atoms with Crippen LogP contribution >= 0.6 is 0 Å². The number of hydrogen-bond donors (Lipinski definition) is 1. The molecule has 0 fully saturated rings. The van der Waals surface area contributed by atoms with E-state index in [0.29, 0.717) is 48.2 Å². The molecule has 0 atom stereocenters. The van der Waals surface area contributed by atoms with Crippen LogP contribution in [0.15, 0.2) is 41.5 Å². The van der Waals surface area contributed by atoms with Gasteiger partial charge in [-0.2, -0.15) is 10.4 Å². The minimum atomic E-state index is -0.408. The smallest absolute Gasteiger partial charge is 0.271 e. The second-order valence-electron chi connectivity index (χ2n) is 5.53. The summed E-state index contributed by atoms with van der Waals surface area (Å²) in [7, 11) is 0. The molecule has 2 aromatic carbocycles. The Morgan fingerprint density at radius 3 is 2.11 bits per heavy atom. The summed E-state index contributed by atoms with van der Waals surface area (Å²) in [6.07, 6.45) is 1.50. The number of nitrogens with zero attached hydrogens (tertiary/aromatic N) is 2. The maximum Gasteiger partial charge on any atom is 0.271 e. The highest BCUT2D eigenvalue weighted by Crippen LogP contribution is 2.39. The van der Waals surface area contributed by atoms with Crippen LogP contribution in [0.3, 0.4) is 0 Å². The molecule has 0 heterocycles. The molecule has 0 aromatic heterocycles. The van der Waals surface area contributed by atoms with E-state index in [2.05, 4.69) is 10.5 Å². The van der Waals surface area contributed by atoms with Crippen molar-refractivity contribution in [2.75, 3.05) is 19.8 Å². The third-order valence-electron chi connectivity index (χ3n) is 3.59. The Labute approximate surface area is 164 Å². The zero-order chi connectivity index (χ0) is 20.4. The Morgan fingerprint density at radius 1 is 1.04 bits per heavy atom. The Hall–Kier alpha value is -3.53. The van der Waals surface area contributed by atoms with Gasteiger partial charge in [0.25, 0.3) is 5.91 Å². The van der Waals surface area contributed by atoms with Crippen molar-refractivity contribution < 1.29 is 19.0 Å². The van der Waals surface area contributed by atoms with Crippen LogP contribution in [0.4, 0.5) is 0 Å². The van der Waals surface area contributed by atoms with Crippen LogP contribution in [0.2, 0.25) is 0 Å². The van der Waals surface area contributed by atoms with Crippen molar-refractivity contribution in [3.8, 4) is 23.3 Å². The van der Waals surface area contributed by atoms with Crippen LogP contribution in [0, 0.1) is 11.3 Å². The molecule has 2 aromatic rings. The lowest BCUT2D eigenvalue weighted by molar-refractivity contribution is 0.0954. The fourth-order valence-corrected chi connectivity index (χ4v) is 2.39. The molecule has 2 rings (SSSR count). The van der Waals surface area contributed by atoms with E-state index in [9.17, 15) is 4.79 Å². The van der Waals surface area contributed by atoms with E-state index in [0.717, 1.165) is 5.56 Å². The van der Waals surface area contributed by atoms with E-state index in [1.165, 1.54) is 6.21 Å². The number of benzene rings is 2. The van der Waals surface area contributed by atoms with Crippen molar-refractivity contribution in [1.82, 2.24) is 5.43 Å². The number of hydrazone groups is 1. The number of nitrogens with one attached hydrogen (secondary N) is 1. The lowest BCUT2D eigenvalue weighted by atomic mass is 10.1. The van der Waals surface area contributed by atoms with Gasteiger partial charge in [-0.15, -0.1) is 0 Å². The normalized spacial score (nSPS) is 10.4. The number of rotatable bonds is 9. The second kappa shape index (κ2) is 10.6. The number of carbonyl (C=O) groups is 1. The first-order chi connectivity index (χ1) is 13.6. The lowest BCUT2D eigenvalue weighted by Gasteiger charge is -2.16. The molecule has 146 valence electrons. The zero-order valence-corrected chi connectivity index (χ0v) is 16.2. The van der Waals surface area contributed by atoms with E-state index in [1.807, 2.05) is 26.8 Å². The first kappa shape index (κ1) is 20.8. The standard InChI is InChI=1S/C21H23N3O4/c1-4-26-18-11-17(12-19(27-5-2)20(18)28-6-3)21(25)24-23-14-16-9-7-15(13-22)8-10-16/h7-12,14H,4-6H2,1-3H3,(H,24,25)/b23-14+. The van der Waals surface area contributed by atoms with Gasteiger partial charge in [-0.25, -0.2) is 5.43 Å². The highest BCUT2D eigenvalue weighted by molar-refractivity contribution is 5.96. The van der Waals surface area contributed by atoms with E-state index < -0.39 is 5.91 Å². The topological polar surface area (TPSA) is 92.9 Å². The van der Waals surface area contributed by atoms with Crippen LogP contribution in [-0.4, -0.2) is 31.9 Å². The Bertz CT molecular complexity index is 843. The highest BCUT2D eigenvalue weighted by Gasteiger charge is 2.18. The lowest BCUT2D eigenvalue weighted by Crippen LogP contribution is -2.18. The quantitative estimate of drug-likeness (QED) is 0.530. The fraction of sp³-hybridized carbons (Fsp3) is 0.286. The first-order valence-electron chi connectivity index (χ1n) is 9.02. The number of ether oxygens (including phenoxy) is 3. The average molecular weight is 381 g/mol. The maximum absolute atomic E-state index is 12.5. The van der Waals surface area contributed by atoms with Crippen LogP contribution in [0.1, 0.15) is 42.3 Å². The van der Waals surface area contributed by atoms with Crippen LogP contribution in [0.25, 0.3) is 0 Å². The van der Waals surface area contributed by atoms with Gasteiger partial charge in [-0.1, -0.05) is 12.1 Å². The molecule has 0 saturated heterocycles. The van der Waals surface area contributed by atoms with Crippen molar-refractivity contribution in [2.24, 2.45) is 5.10 Å².